The molecular weight excluding hydrogens is 408 g/mol. The zero-order chi connectivity index (χ0) is 17.4. The van der Waals surface area contributed by atoms with E-state index in [1.807, 2.05) is 27.7 Å². The molecule has 0 saturated carbocycles. The monoisotopic (exact) mass is 424 g/mol. The third-order valence-corrected chi connectivity index (χ3v) is 4.14. The van der Waals surface area contributed by atoms with Crippen LogP contribution in [0.15, 0.2) is 27.4 Å². The van der Waals surface area contributed by atoms with Crippen molar-refractivity contribution in [2.75, 3.05) is 0 Å². The van der Waals surface area contributed by atoms with Crippen molar-refractivity contribution in [2.45, 2.75) is 39.5 Å². The number of rotatable bonds is 4. The van der Waals surface area contributed by atoms with E-state index in [1.165, 1.54) is 0 Å². The van der Waals surface area contributed by atoms with Crippen LogP contribution in [-0.2, 0) is 16.8 Å². The van der Waals surface area contributed by atoms with Crippen molar-refractivity contribution in [3.8, 4) is 23.2 Å². The van der Waals surface area contributed by atoms with Gasteiger partial charge in [0.15, 0.2) is 0 Å². The van der Waals surface area contributed by atoms with Gasteiger partial charge in [0.25, 0.3) is 0 Å². The van der Waals surface area contributed by atoms with Crippen LogP contribution in [0.25, 0.3) is 23.2 Å². The molecule has 0 N–H and O–H groups in total. The van der Waals surface area contributed by atoms with Crippen LogP contribution in [0.2, 0.25) is 10.0 Å². The summed E-state index contributed by atoms with van der Waals surface area (Å²) in [7, 11) is 0. The van der Waals surface area contributed by atoms with Crippen LogP contribution in [0.4, 0.5) is 0 Å². The topological polar surface area (TPSA) is 65.0 Å². The Labute approximate surface area is 166 Å². The number of hydrogen-bond donors (Lipinski definition) is 0. The van der Waals surface area contributed by atoms with Crippen molar-refractivity contribution in [3.05, 3.63) is 40.0 Å². The fourth-order valence-corrected chi connectivity index (χ4v) is 2.61. The average Bonchev–Trinajstić information content (AvgIpc) is 3.16. The summed E-state index contributed by atoms with van der Waals surface area (Å²) in [5.41, 5.74) is 2.48. The van der Waals surface area contributed by atoms with Crippen LogP contribution in [0.5, 0.6) is 0 Å². The largest absolute Gasteiger partial charge is 0.443 e. The third-order valence-electron chi connectivity index (χ3n) is 3.56. The molecule has 0 aromatic carbocycles. The number of halogens is 2. The number of oxazole rings is 2. The molecule has 0 spiro atoms. The minimum Gasteiger partial charge on any atom is -0.443 e. The van der Waals surface area contributed by atoms with Gasteiger partial charge >= 0.3 is 0 Å². The van der Waals surface area contributed by atoms with E-state index in [4.69, 9.17) is 32.0 Å². The molecule has 0 saturated heterocycles. The van der Waals surface area contributed by atoms with Crippen LogP contribution < -0.4 is 0 Å². The number of aromatic nitrogens is 3. The Morgan fingerprint density at radius 3 is 1.48 bits per heavy atom. The number of nitrogens with zero attached hydrogens (tertiary/aromatic N) is 3. The second kappa shape index (κ2) is 7.91. The van der Waals surface area contributed by atoms with E-state index in [0.717, 1.165) is 11.4 Å². The SMILES string of the molecule is CC(C)c1coc(-c2nc(-c3nc(C(C)C)co3)c(Cl)cc2Cl)n1.[Co]. The molecule has 0 fully saturated rings. The van der Waals surface area contributed by atoms with Gasteiger partial charge in [-0.15, -0.1) is 0 Å². The molecule has 3 aromatic heterocycles. The van der Waals surface area contributed by atoms with Crippen LogP contribution in [0, 0.1) is 0 Å². The van der Waals surface area contributed by atoms with Crippen molar-refractivity contribution in [1.82, 2.24) is 15.0 Å². The quantitative estimate of drug-likeness (QED) is 0.518. The molecule has 0 aliphatic heterocycles. The van der Waals surface area contributed by atoms with Crippen LogP contribution in [-0.4, -0.2) is 15.0 Å². The summed E-state index contributed by atoms with van der Waals surface area (Å²) in [4.78, 5) is 13.3. The van der Waals surface area contributed by atoms with Gasteiger partial charge in [-0.3, -0.25) is 0 Å². The summed E-state index contributed by atoms with van der Waals surface area (Å²) in [6.45, 7) is 8.13. The molecule has 0 unspecified atom stereocenters. The summed E-state index contributed by atoms with van der Waals surface area (Å²) < 4.78 is 11.0. The van der Waals surface area contributed by atoms with Crippen molar-refractivity contribution in [2.24, 2.45) is 0 Å². The maximum absolute atomic E-state index is 6.27. The molecule has 5 nitrogen and oxygen atoms in total. The van der Waals surface area contributed by atoms with Crippen LogP contribution >= 0.6 is 23.2 Å². The summed E-state index contributed by atoms with van der Waals surface area (Å²) in [5, 5.41) is 0.716. The molecule has 0 atom stereocenters. The predicted octanol–water partition coefficient (Wildman–Crippen LogP) is 5.94. The first-order valence-corrected chi connectivity index (χ1v) is 8.40. The Morgan fingerprint density at radius 2 is 1.16 bits per heavy atom. The number of pyridine rings is 1. The van der Waals surface area contributed by atoms with E-state index in [-0.39, 0.29) is 28.6 Å². The normalized spacial score (nSPS) is 11.2. The summed E-state index contributed by atoms with van der Waals surface area (Å²) >= 11 is 12.5. The standard InChI is InChI=1S/C17H17Cl2N3O2.Co/c1-8(2)12-6-23-16(20-12)14-10(18)5-11(19)15(22-14)17-21-13(7-24-17)9(3)4;/h5-9H,1-4H3;. The first kappa shape index (κ1) is 20.0. The van der Waals surface area contributed by atoms with Gasteiger partial charge in [-0.1, -0.05) is 50.9 Å². The molecule has 3 aromatic rings. The van der Waals surface area contributed by atoms with E-state index < -0.39 is 0 Å². The van der Waals surface area contributed by atoms with Crippen LogP contribution in [0.1, 0.15) is 50.9 Å². The molecule has 1 radical (unpaired) electrons. The fourth-order valence-electron chi connectivity index (χ4n) is 2.09. The van der Waals surface area contributed by atoms with Gasteiger partial charge in [0.1, 0.15) is 23.9 Å². The molecule has 0 amide bonds. The van der Waals surface area contributed by atoms with Crippen molar-refractivity contribution >= 4 is 23.2 Å². The zero-order valence-electron chi connectivity index (χ0n) is 14.1. The summed E-state index contributed by atoms with van der Waals surface area (Å²) in [6.07, 6.45) is 3.21. The van der Waals surface area contributed by atoms with Crippen molar-refractivity contribution in [3.63, 3.8) is 0 Å². The van der Waals surface area contributed by atoms with Crippen LogP contribution in [0.3, 0.4) is 0 Å². The van der Waals surface area contributed by atoms with Crippen molar-refractivity contribution < 1.29 is 25.6 Å². The van der Waals surface area contributed by atoms with Gasteiger partial charge in [-0.05, 0) is 17.9 Å². The maximum Gasteiger partial charge on any atom is 0.246 e. The molecule has 25 heavy (non-hydrogen) atoms. The molecule has 0 bridgehead atoms. The molecule has 135 valence electrons. The van der Waals surface area contributed by atoms with E-state index in [2.05, 4.69) is 15.0 Å². The summed E-state index contributed by atoms with van der Waals surface area (Å²) in [6, 6.07) is 1.60. The smallest absolute Gasteiger partial charge is 0.246 e. The van der Waals surface area contributed by atoms with E-state index in [9.17, 15) is 0 Å². The molecule has 8 heteroatoms. The predicted molar refractivity (Wildman–Crippen MR) is 93.4 cm³/mol. The van der Waals surface area contributed by atoms with Gasteiger partial charge in [0.2, 0.25) is 11.8 Å². The minimum absolute atomic E-state index is 0. The average molecular weight is 425 g/mol. The second-order valence-corrected chi connectivity index (χ2v) is 6.93. The van der Waals surface area contributed by atoms with E-state index in [0.29, 0.717) is 33.2 Å². The zero-order valence-corrected chi connectivity index (χ0v) is 16.7. The third kappa shape index (κ3) is 4.08. The Morgan fingerprint density at radius 1 is 0.760 bits per heavy atom. The molecule has 3 heterocycles. The first-order chi connectivity index (χ1) is 11.4. The van der Waals surface area contributed by atoms with E-state index in [1.54, 1.807) is 18.6 Å². The second-order valence-electron chi connectivity index (χ2n) is 6.11. The molecule has 0 aliphatic carbocycles. The Balaban J connectivity index is 0.00000225. The van der Waals surface area contributed by atoms with Gasteiger partial charge < -0.3 is 8.83 Å². The van der Waals surface area contributed by atoms with Gasteiger partial charge in [0, 0.05) is 16.8 Å². The Bertz CT molecular complexity index is 807. The summed E-state index contributed by atoms with van der Waals surface area (Å²) in [5.74, 6) is 1.18. The number of hydrogen-bond acceptors (Lipinski definition) is 5. The first-order valence-electron chi connectivity index (χ1n) is 7.64. The van der Waals surface area contributed by atoms with E-state index >= 15 is 0 Å². The van der Waals surface area contributed by atoms with Gasteiger partial charge in [-0.2, -0.15) is 0 Å². The van der Waals surface area contributed by atoms with Gasteiger partial charge in [0.05, 0.1) is 21.4 Å². The van der Waals surface area contributed by atoms with Crippen molar-refractivity contribution in [1.29, 1.82) is 0 Å². The molecular formula is C17H17Cl2CoN3O2. The van der Waals surface area contributed by atoms with Gasteiger partial charge in [-0.25, -0.2) is 15.0 Å². The Hall–Kier alpha value is -1.34. The molecule has 3 rings (SSSR count). The minimum atomic E-state index is 0. The fraction of sp³-hybridized carbons (Fsp3) is 0.353. The maximum atomic E-state index is 6.27. The Kier molecular flexibility index (Phi) is 6.32. The molecule has 0 aliphatic rings.